The molecule has 0 aliphatic carbocycles. The summed E-state index contributed by atoms with van der Waals surface area (Å²) < 4.78 is 0. The van der Waals surface area contributed by atoms with Gasteiger partial charge in [0.15, 0.2) is 0 Å². The molecule has 0 rings (SSSR count). The molecule has 27 valence electrons. The van der Waals surface area contributed by atoms with Crippen molar-refractivity contribution in [3.63, 3.8) is 0 Å². The zero-order valence-corrected chi connectivity index (χ0v) is 4.63. The van der Waals surface area contributed by atoms with Crippen LogP contribution in [0.2, 0.25) is 0 Å². The Hall–Kier alpha value is 1.02. The number of hydrogen-bond donors (Lipinski definition) is 0. The number of rotatable bonds is 0. The van der Waals surface area contributed by atoms with Crippen LogP contribution in [0.25, 0.3) is 0 Å². The molecule has 3 nitrogen and oxygen atoms in total. The molecule has 0 saturated carbocycles. The molecular formula is O3PTi. The smallest absolute Gasteiger partial charge is 0.854 e. The van der Waals surface area contributed by atoms with Crippen molar-refractivity contribution in [3.8, 4) is 0 Å². The van der Waals surface area contributed by atoms with Gasteiger partial charge in [0.1, 0.15) is 0 Å². The minimum Gasteiger partial charge on any atom is -0.854 e. The van der Waals surface area contributed by atoms with Gasteiger partial charge in [0.05, 0.1) is 0 Å². The zero-order valence-electron chi connectivity index (χ0n) is 2.17. The standard InChI is InChI=1S/O3P.Ti/c1-4(2)3;/q-3;+3. The van der Waals surface area contributed by atoms with Crippen LogP contribution in [0.3, 0.4) is 0 Å². The van der Waals surface area contributed by atoms with Crippen molar-refractivity contribution in [2.24, 2.45) is 0 Å². The second kappa shape index (κ2) is 5.02. The van der Waals surface area contributed by atoms with Crippen LogP contribution in [0.1, 0.15) is 0 Å². The van der Waals surface area contributed by atoms with Crippen LogP contribution in [0.15, 0.2) is 0 Å². The van der Waals surface area contributed by atoms with Gasteiger partial charge in [-0.15, -0.1) is 0 Å². The maximum absolute atomic E-state index is 8.48. The summed E-state index contributed by atoms with van der Waals surface area (Å²) in [6, 6.07) is 0. The summed E-state index contributed by atoms with van der Waals surface area (Å²) in [4.78, 5) is 25.4. The maximum Gasteiger partial charge on any atom is 3.00 e. The van der Waals surface area contributed by atoms with Gasteiger partial charge in [-0.05, 0) is 0 Å². The van der Waals surface area contributed by atoms with E-state index in [0.29, 0.717) is 0 Å². The van der Waals surface area contributed by atoms with Gasteiger partial charge < -0.3 is 23.3 Å². The average molecular weight is 127 g/mol. The zero-order chi connectivity index (χ0) is 3.58. The monoisotopic (exact) mass is 127 g/mol. The SMILES string of the molecule is [O-]P([O-])[O-].[Ti+3]. The van der Waals surface area contributed by atoms with E-state index in [1.54, 1.807) is 0 Å². The molecule has 0 spiro atoms. The van der Waals surface area contributed by atoms with Gasteiger partial charge in [0.2, 0.25) is 0 Å². The minimum absolute atomic E-state index is 0. The van der Waals surface area contributed by atoms with Gasteiger partial charge in [-0.1, -0.05) is 0 Å². The van der Waals surface area contributed by atoms with Crippen molar-refractivity contribution >= 4 is 8.60 Å². The first-order valence-corrected chi connectivity index (χ1v) is 1.64. The molecular weight excluding hydrogens is 127 g/mol. The van der Waals surface area contributed by atoms with E-state index in [4.69, 9.17) is 14.7 Å². The van der Waals surface area contributed by atoms with Crippen LogP contribution in [0.5, 0.6) is 0 Å². The average Bonchev–Trinajstić information content (AvgIpc) is 0.811. The summed E-state index contributed by atoms with van der Waals surface area (Å²) in [5.74, 6) is 0. The van der Waals surface area contributed by atoms with Gasteiger partial charge in [-0.25, -0.2) is 0 Å². The summed E-state index contributed by atoms with van der Waals surface area (Å²) in [7, 11) is -3.37. The topological polar surface area (TPSA) is 69.2 Å². The van der Waals surface area contributed by atoms with Crippen LogP contribution in [-0.4, -0.2) is 0 Å². The fourth-order valence-corrected chi connectivity index (χ4v) is 0. The van der Waals surface area contributed by atoms with Crippen molar-refractivity contribution < 1.29 is 36.4 Å². The molecule has 0 saturated heterocycles. The van der Waals surface area contributed by atoms with Crippen LogP contribution < -0.4 is 14.7 Å². The first kappa shape index (κ1) is 9.39. The largest absolute Gasteiger partial charge is 3.00 e. The first-order valence-electron chi connectivity index (χ1n) is 0.548. The van der Waals surface area contributed by atoms with Gasteiger partial charge >= 0.3 is 21.7 Å². The molecule has 0 N–H and O–H groups in total. The van der Waals surface area contributed by atoms with Gasteiger partial charge in [0.25, 0.3) is 0 Å². The summed E-state index contributed by atoms with van der Waals surface area (Å²) in [5, 5.41) is 0. The van der Waals surface area contributed by atoms with E-state index in [9.17, 15) is 0 Å². The quantitative estimate of drug-likeness (QED) is 0.262. The Morgan fingerprint density at radius 1 is 1.00 bits per heavy atom. The molecule has 0 aromatic rings. The van der Waals surface area contributed by atoms with Crippen LogP contribution in [-0.2, 0) is 21.7 Å². The molecule has 0 aromatic heterocycles. The van der Waals surface area contributed by atoms with Gasteiger partial charge in [-0.3, -0.25) is 0 Å². The molecule has 1 radical (unpaired) electrons. The van der Waals surface area contributed by atoms with Crippen molar-refractivity contribution in [1.29, 1.82) is 0 Å². The Balaban J connectivity index is 0. The Morgan fingerprint density at radius 3 is 1.00 bits per heavy atom. The van der Waals surface area contributed by atoms with Crippen molar-refractivity contribution in [3.05, 3.63) is 0 Å². The minimum atomic E-state index is -3.37. The molecule has 0 aliphatic heterocycles. The van der Waals surface area contributed by atoms with E-state index < -0.39 is 8.60 Å². The van der Waals surface area contributed by atoms with Crippen molar-refractivity contribution in [1.82, 2.24) is 0 Å². The fourth-order valence-electron chi connectivity index (χ4n) is 0. The second-order valence-electron chi connectivity index (χ2n) is 0.224. The van der Waals surface area contributed by atoms with Crippen LogP contribution in [0, 0.1) is 0 Å². The molecule has 5 heteroatoms. The fraction of sp³-hybridized carbons (Fsp3) is 0. The van der Waals surface area contributed by atoms with E-state index in [1.807, 2.05) is 0 Å². The molecule has 0 heterocycles. The number of hydrogen-bond acceptors (Lipinski definition) is 3. The normalized spacial score (nSPS) is 7.20. The van der Waals surface area contributed by atoms with Gasteiger partial charge in [0, 0.05) is 0 Å². The van der Waals surface area contributed by atoms with E-state index >= 15 is 0 Å². The van der Waals surface area contributed by atoms with Crippen LogP contribution in [0.4, 0.5) is 0 Å². The Labute approximate surface area is 45.5 Å². The second-order valence-corrected chi connectivity index (χ2v) is 0.671. The van der Waals surface area contributed by atoms with Crippen LogP contribution >= 0.6 is 8.60 Å². The van der Waals surface area contributed by atoms with Crippen molar-refractivity contribution in [2.45, 2.75) is 0 Å². The third kappa shape index (κ3) is 43.8. The molecule has 0 bridgehead atoms. The van der Waals surface area contributed by atoms with E-state index in [1.165, 1.54) is 0 Å². The van der Waals surface area contributed by atoms with E-state index in [2.05, 4.69) is 0 Å². The Kier molecular flexibility index (Phi) is 9.44. The molecule has 0 atom stereocenters. The van der Waals surface area contributed by atoms with E-state index in [-0.39, 0.29) is 21.7 Å². The molecule has 5 heavy (non-hydrogen) atoms. The molecule has 0 aromatic carbocycles. The molecule has 0 fully saturated rings. The van der Waals surface area contributed by atoms with Crippen molar-refractivity contribution in [2.75, 3.05) is 0 Å². The summed E-state index contributed by atoms with van der Waals surface area (Å²) in [5.41, 5.74) is 0. The molecule has 0 aliphatic rings. The van der Waals surface area contributed by atoms with Gasteiger partial charge in [-0.2, -0.15) is 0 Å². The molecule has 0 unspecified atom stereocenters. The summed E-state index contributed by atoms with van der Waals surface area (Å²) >= 11 is 0. The summed E-state index contributed by atoms with van der Waals surface area (Å²) in [6.45, 7) is 0. The maximum atomic E-state index is 8.48. The molecule has 0 amide bonds. The predicted molar refractivity (Wildman–Crippen MR) is 6.92 cm³/mol. The first-order chi connectivity index (χ1) is 1.73. The summed E-state index contributed by atoms with van der Waals surface area (Å²) in [6.07, 6.45) is 0. The third-order valence-corrected chi connectivity index (χ3v) is 0. The predicted octanol–water partition coefficient (Wildman–Crippen LogP) is -2.71. The van der Waals surface area contributed by atoms with E-state index in [0.717, 1.165) is 0 Å². The Bertz CT molecular complexity index is 11.6. The Morgan fingerprint density at radius 2 is 1.00 bits per heavy atom. The third-order valence-electron chi connectivity index (χ3n) is 0.